The molecule has 1 aromatic rings. The standard InChI is InChI=1S/C20H26N2O5/c1-25-11-12-26-19(24)22-16-7-9-20(10-8-16)17(22)14-21(18(23)27-20)13-15-5-3-2-4-6-15/h2-6,16-17H,7-14H2,1H3. The van der Waals surface area contributed by atoms with E-state index >= 15 is 0 Å². The molecule has 1 atom stereocenters. The van der Waals surface area contributed by atoms with Crippen molar-refractivity contribution in [2.75, 3.05) is 26.9 Å². The largest absolute Gasteiger partial charge is 0.447 e. The molecule has 1 spiro atoms. The fourth-order valence-corrected chi connectivity index (χ4v) is 4.65. The van der Waals surface area contributed by atoms with Crippen molar-refractivity contribution < 1.29 is 23.8 Å². The molecule has 4 fully saturated rings. The van der Waals surface area contributed by atoms with Crippen LogP contribution in [0.3, 0.4) is 0 Å². The summed E-state index contributed by atoms with van der Waals surface area (Å²) < 4.78 is 16.3. The van der Waals surface area contributed by atoms with E-state index in [1.165, 1.54) is 0 Å². The second-order valence-corrected chi connectivity index (χ2v) is 7.56. The maximum Gasteiger partial charge on any atom is 0.410 e. The fourth-order valence-electron chi connectivity index (χ4n) is 4.65. The van der Waals surface area contributed by atoms with Crippen LogP contribution in [0.25, 0.3) is 0 Å². The first-order valence-electron chi connectivity index (χ1n) is 9.59. The summed E-state index contributed by atoms with van der Waals surface area (Å²) in [5.74, 6) is 0. The summed E-state index contributed by atoms with van der Waals surface area (Å²) in [6.45, 7) is 1.55. The van der Waals surface area contributed by atoms with Crippen LogP contribution in [0.15, 0.2) is 30.3 Å². The summed E-state index contributed by atoms with van der Waals surface area (Å²) in [6.07, 6.45) is 2.71. The van der Waals surface area contributed by atoms with E-state index in [9.17, 15) is 9.59 Å². The van der Waals surface area contributed by atoms with Crippen molar-refractivity contribution in [2.45, 2.75) is 49.9 Å². The Balaban J connectivity index is 1.53. The molecule has 3 saturated heterocycles. The molecule has 2 bridgehead atoms. The Morgan fingerprint density at radius 3 is 2.67 bits per heavy atom. The average molecular weight is 374 g/mol. The third-order valence-electron chi connectivity index (χ3n) is 6.02. The molecular weight excluding hydrogens is 348 g/mol. The lowest BCUT2D eigenvalue weighted by Gasteiger charge is -2.59. The Kier molecular flexibility index (Phi) is 4.95. The van der Waals surface area contributed by atoms with Crippen molar-refractivity contribution in [1.82, 2.24) is 9.80 Å². The van der Waals surface area contributed by atoms with E-state index in [0.717, 1.165) is 31.2 Å². The van der Waals surface area contributed by atoms with Gasteiger partial charge in [-0.05, 0) is 31.2 Å². The molecule has 3 heterocycles. The van der Waals surface area contributed by atoms with Gasteiger partial charge in [0, 0.05) is 26.2 Å². The first-order valence-corrected chi connectivity index (χ1v) is 9.59. The predicted octanol–water partition coefficient (Wildman–Crippen LogP) is 2.79. The van der Waals surface area contributed by atoms with E-state index in [1.54, 1.807) is 12.0 Å². The number of hydrogen-bond acceptors (Lipinski definition) is 5. The highest BCUT2D eigenvalue weighted by molar-refractivity contribution is 5.73. The van der Waals surface area contributed by atoms with E-state index in [2.05, 4.69) is 0 Å². The Bertz CT molecular complexity index is 687. The van der Waals surface area contributed by atoms with Crippen LogP contribution in [0.1, 0.15) is 31.2 Å². The van der Waals surface area contributed by atoms with Crippen LogP contribution in [0, 0.1) is 0 Å². The van der Waals surface area contributed by atoms with Gasteiger partial charge in [-0.3, -0.25) is 4.90 Å². The Morgan fingerprint density at radius 1 is 1.22 bits per heavy atom. The number of benzene rings is 1. The number of amides is 2. The van der Waals surface area contributed by atoms with Gasteiger partial charge >= 0.3 is 12.2 Å². The predicted molar refractivity (Wildman–Crippen MR) is 97.2 cm³/mol. The van der Waals surface area contributed by atoms with E-state index in [-0.39, 0.29) is 30.9 Å². The van der Waals surface area contributed by atoms with Gasteiger partial charge in [-0.1, -0.05) is 30.3 Å². The number of piperidine rings is 2. The zero-order valence-corrected chi connectivity index (χ0v) is 15.6. The second kappa shape index (κ2) is 7.38. The van der Waals surface area contributed by atoms with Crippen LogP contribution in [-0.4, -0.2) is 66.5 Å². The second-order valence-electron chi connectivity index (χ2n) is 7.56. The monoisotopic (exact) mass is 374 g/mol. The molecule has 0 aromatic heterocycles. The molecule has 146 valence electrons. The van der Waals surface area contributed by atoms with E-state index in [0.29, 0.717) is 19.7 Å². The molecule has 5 rings (SSSR count). The zero-order valence-electron chi connectivity index (χ0n) is 15.6. The lowest BCUT2D eigenvalue weighted by Crippen LogP contribution is -2.73. The number of ether oxygens (including phenoxy) is 3. The first-order chi connectivity index (χ1) is 13.1. The highest BCUT2D eigenvalue weighted by Gasteiger charge is 2.59. The SMILES string of the molecule is COCCOC(=O)N1C2CCC3(CC2)OC(=O)N(Cc2ccccc2)CC13. The average Bonchev–Trinajstić information content (AvgIpc) is 2.69. The van der Waals surface area contributed by atoms with Crippen molar-refractivity contribution >= 4 is 12.2 Å². The highest BCUT2D eigenvalue weighted by Crippen LogP contribution is 2.47. The van der Waals surface area contributed by atoms with Crippen LogP contribution in [0.5, 0.6) is 0 Å². The zero-order chi connectivity index (χ0) is 18.9. The lowest BCUT2D eigenvalue weighted by atomic mass is 9.70. The van der Waals surface area contributed by atoms with Crippen LogP contribution in [-0.2, 0) is 20.8 Å². The van der Waals surface area contributed by atoms with Gasteiger partial charge in [-0.2, -0.15) is 0 Å². The molecular formula is C20H26N2O5. The number of fused-ring (bicyclic) bond motifs is 2. The van der Waals surface area contributed by atoms with Gasteiger partial charge in [0.1, 0.15) is 12.2 Å². The van der Waals surface area contributed by atoms with Gasteiger partial charge in [0.25, 0.3) is 0 Å². The Labute approximate surface area is 159 Å². The minimum Gasteiger partial charge on any atom is -0.447 e. The number of methoxy groups -OCH3 is 1. The fraction of sp³-hybridized carbons (Fsp3) is 0.600. The van der Waals surface area contributed by atoms with Gasteiger partial charge in [-0.15, -0.1) is 0 Å². The molecule has 2 amide bonds. The molecule has 0 radical (unpaired) electrons. The summed E-state index contributed by atoms with van der Waals surface area (Å²) in [7, 11) is 1.58. The van der Waals surface area contributed by atoms with Crippen molar-refractivity contribution in [3.05, 3.63) is 35.9 Å². The number of carbonyl (C=O) groups excluding carboxylic acids is 2. The summed E-state index contributed by atoms with van der Waals surface area (Å²) >= 11 is 0. The quantitative estimate of drug-likeness (QED) is 0.742. The number of rotatable bonds is 5. The lowest BCUT2D eigenvalue weighted by molar-refractivity contribution is -0.169. The third-order valence-corrected chi connectivity index (χ3v) is 6.02. The van der Waals surface area contributed by atoms with Crippen molar-refractivity contribution in [3.63, 3.8) is 0 Å². The maximum atomic E-state index is 12.7. The van der Waals surface area contributed by atoms with Gasteiger partial charge < -0.3 is 19.1 Å². The van der Waals surface area contributed by atoms with Crippen molar-refractivity contribution in [3.8, 4) is 0 Å². The van der Waals surface area contributed by atoms with Gasteiger partial charge in [0.15, 0.2) is 0 Å². The van der Waals surface area contributed by atoms with E-state index in [4.69, 9.17) is 14.2 Å². The van der Waals surface area contributed by atoms with E-state index in [1.807, 2.05) is 35.2 Å². The molecule has 3 aliphatic heterocycles. The van der Waals surface area contributed by atoms with Crippen molar-refractivity contribution in [2.24, 2.45) is 0 Å². The molecule has 1 aromatic carbocycles. The molecule has 4 aliphatic rings. The van der Waals surface area contributed by atoms with Crippen LogP contribution >= 0.6 is 0 Å². The van der Waals surface area contributed by atoms with Crippen LogP contribution < -0.4 is 0 Å². The number of carbonyl (C=O) groups is 2. The Hall–Kier alpha value is -2.28. The number of nitrogens with zero attached hydrogens (tertiary/aromatic N) is 2. The molecule has 7 heteroatoms. The minimum atomic E-state index is -0.570. The molecule has 27 heavy (non-hydrogen) atoms. The smallest absolute Gasteiger partial charge is 0.410 e. The Morgan fingerprint density at radius 2 is 1.96 bits per heavy atom. The summed E-state index contributed by atoms with van der Waals surface area (Å²) in [5, 5.41) is 0. The maximum absolute atomic E-state index is 12.7. The molecule has 0 N–H and O–H groups in total. The summed E-state index contributed by atoms with van der Waals surface area (Å²) in [4.78, 5) is 28.9. The minimum absolute atomic E-state index is 0.155. The normalized spacial score (nSPS) is 29.3. The van der Waals surface area contributed by atoms with Crippen LogP contribution in [0.4, 0.5) is 9.59 Å². The summed E-state index contributed by atoms with van der Waals surface area (Å²) in [6, 6.07) is 9.82. The molecule has 7 nitrogen and oxygen atoms in total. The third kappa shape index (κ3) is 3.36. The van der Waals surface area contributed by atoms with Gasteiger partial charge in [0.05, 0.1) is 12.6 Å². The van der Waals surface area contributed by atoms with Crippen LogP contribution in [0.2, 0.25) is 0 Å². The first kappa shape index (κ1) is 18.1. The number of hydrogen-bond donors (Lipinski definition) is 0. The summed E-state index contributed by atoms with van der Waals surface area (Å²) in [5.41, 5.74) is 0.472. The molecule has 1 saturated carbocycles. The molecule has 1 unspecified atom stereocenters. The van der Waals surface area contributed by atoms with Gasteiger partial charge in [0.2, 0.25) is 0 Å². The van der Waals surface area contributed by atoms with Gasteiger partial charge in [-0.25, -0.2) is 9.59 Å². The van der Waals surface area contributed by atoms with E-state index < -0.39 is 5.60 Å². The molecule has 1 aliphatic carbocycles. The topological polar surface area (TPSA) is 68.3 Å². The van der Waals surface area contributed by atoms with Crippen molar-refractivity contribution in [1.29, 1.82) is 0 Å². The highest BCUT2D eigenvalue weighted by atomic mass is 16.6.